The summed E-state index contributed by atoms with van der Waals surface area (Å²) < 4.78 is 22.1. The second-order valence-electron chi connectivity index (χ2n) is 4.78. The Morgan fingerprint density at radius 3 is 2.43 bits per heavy atom. The number of amides is 1. The zero-order chi connectivity index (χ0) is 16.2. The summed E-state index contributed by atoms with van der Waals surface area (Å²) in [6.45, 7) is 1.60. The van der Waals surface area contributed by atoms with Crippen LogP contribution in [0.15, 0.2) is 18.2 Å². The van der Waals surface area contributed by atoms with E-state index in [1.165, 1.54) is 18.2 Å². The Morgan fingerprint density at radius 1 is 1.33 bits per heavy atom. The van der Waals surface area contributed by atoms with Gasteiger partial charge in [0.15, 0.2) is 0 Å². The number of hydrogen-bond donors (Lipinski definition) is 3. The Bertz CT molecular complexity index is 653. The van der Waals surface area contributed by atoms with E-state index in [1.54, 1.807) is 6.92 Å². The van der Waals surface area contributed by atoms with Crippen molar-refractivity contribution in [3.63, 3.8) is 0 Å². The molecule has 1 aromatic carbocycles. The molecule has 116 valence electrons. The van der Waals surface area contributed by atoms with Gasteiger partial charge in [0.2, 0.25) is 0 Å². The van der Waals surface area contributed by atoms with Crippen molar-refractivity contribution in [2.75, 3.05) is 12.0 Å². The molecule has 0 aliphatic heterocycles. The SMILES string of the molecule is Cc1cc(C(=O)NC(CCS(C)(=O)=O)C(=O)O)ccc1O. The minimum atomic E-state index is -3.31. The van der Waals surface area contributed by atoms with Crippen LogP contribution < -0.4 is 5.32 Å². The molecule has 3 N–H and O–H groups in total. The van der Waals surface area contributed by atoms with Gasteiger partial charge in [-0.1, -0.05) is 0 Å². The van der Waals surface area contributed by atoms with Gasteiger partial charge >= 0.3 is 5.97 Å². The van der Waals surface area contributed by atoms with Crippen LogP contribution in [0.5, 0.6) is 5.75 Å². The van der Waals surface area contributed by atoms with E-state index in [-0.39, 0.29) is 23.5 Å². The van der Waals surface area contributed by atoms with E-state index in [0.717, 1.165) is 6.26 Å². The molecular formula is C13H17NO6S. The van der Waals surface area contributed by atoms with Crippen LogP contribution in [0.2, 0.25) is 0 Å². The molecule has 8 heteroatoms. The summed E-state index contributed by atoms with van der Waals surface area (Å²) in [7, 11) is -3.31. The van der Waals surface area contributed by atoms with Crippen molar-refractivity contribution in [3.05, 3.63) is 29.3 Å². The summed E-state index contributed by atoms with van der Waals surface area (Å²) in [4.78, 5) is 23.0. The first kappa shape index (κ1) is 17.0. The highest BCUT2D eigenvalue weighted by molar-refractivity contribution is 7.90. The van der Waals surface area contributed by atoms with Crippen LogP contribution in [0.25, 0.3) is 0 Å². The zero-order valence-corrected chi connectivity index (χ0v) is 12.5. The van der Waals surface area contributed by atoms with Crippen LogP contribution in [0, 0.1) is 6.92 Å². The van der Waals surface area contributed by atoms with Gasteiger partial charge in [-0.15, -0.1) is 0 Å². The van der Waals surface area contributed by atoms with E-state index in [4.69, 9.17) is 5.11 Å². The quantitative estimate of drug-likeness (QED) is 0.695. The van der Waals surface area contributed by atoms with Crippen molar-refractivity contribution in [1.29, 1.82) is 0 Å². The second kappa shape index (κ2) is 6.57. The van der Waals surface area contributed by atoms with Gasteiger partial charge in [0.05, 0.1) is 5.75 Å². The number of carbonyl (C=O) groups excluding carboxylic acids is 1. The number of aromatic hydroxyl groups is 1. The lowest BCUT2D eigenvalue weighted by atomic mass is 10.1. The average Bonchev–Trinajstić information content (AvgIpc) is 2.36. The summed E-state index contributed by atoms with van der Waals surface area (Å²) in [5, 5.41) is 20.7. The third-order valence-corrected chi connectivity index (χ3v) is 3.82. The number of phenols is 1. The Labute approximate surface area is 122 Å². The number of rotatable bonds is 6. The molecule has 0 aliphatic carbocycles. The summed E-state index contributed by atoms with van der Waals surface area (Å²) in [5.41, 5.74) is 0.668. The Hall–Kier alpha value is -2.09. The number of aliphatic carboxylic acids is 1. The van der Waals surface area contributed by atoms with E-state index >= 15 is 0 Å². The van der Waals surface area contributed by atoms with Crippen molar-refractivity contribution in [1.82, 2.24) is 5.32 Å². The topological polar surface area (TPSA) is 121 Å². The Kier molecular flexibility index (Phi) is 5.31. The second-order valence-corrected chi connectivity index (χ2v) is 7.04. The third-order valence-electron chi connectivity index (χ3n) is 2.84. The number of hydrogen-bond acceptors (Lipinski definition) is 5. The Morgan fingerprint density at radius 2 is 1.95 bits per heavy atom. The monoisotopic (exact) mass is 315 g/mol. The summed E-state index contributed by atoms with van der Waals surface area (Å²) >= 11 is 0. The highest BCUT2D eigenvalue weighted by Crippen LogP contribution is 2.17. The number of carboxylic acids is 1. The Balaban J connectivity index is 2.81. The standard InChI is InChI=1S/C13H17NO6S/c1-8-7-9(3-4-11(8)15)12(16)14-10(13(17)18)5-6-21(2,19)20/h3-4,7,10,15H,5-6H2,1-2H3,(H,14,16)(H,17,18). The van der Waals surface area contributed by atoms with Gasteiger partial charge in [-0.3, -0.25) is 4.79 Å². The molecule has 0 aliphatic rings. The molecule has 7 nitrogen and oxygen atoms in total. The maximum atomic E-state index is 11.9. The van der Waals surface area contributed by atoms with Crippen LogP contribution in [0.3, 0.4) is 0 Å². The maximum Gasteiger partial charge on any atom is 0.326 e. The van der Waals surface area contributed by atoms with E-state index in [0.29, 0.717) is 5.56 Å². The first-order valence-corrected chi connectivity index (χ1v) is 8.17. The molecule has 0 spiro atoms. The molecule has 0 saturated carbocycles. The molecule has 0 fully saturated rings. The molecule has 1 amide bonds. The van der Waals surface area contributed by atoms with E-state index in [2.05, 4.69) is 5.32 Å². The van der Waals surface area contributed by atoms with Gasteiger partial charge in [0, 0.05) is 11.8 Å². The summed E-state index contributed by atoms with van der Waals surface area (Å²) in [5.74, 6) is -2.25. The van der Waals surface area contributed by atoms with E-state index in [1.807, 2.05) is 0 Å². The normalized spacial score (nSPS) is 12.7. The van der Waals surface area contributed by atoms with Crippen LogP contribution in [0.4, 0.5) is 0 Å². The number of phenolic OH excluding ortho intramolecular Hbond substituents is 1. The number of sulfone groups is 1. The lowest BCUT2D eigenvalue weighted by Crippen LogP contribution is -2.41. The number of carbonyl (C=O) groups is 2. The van der Waals surface area contributed by atoms with Crippen molar-refractivity contribution < 1.29 is 28.2 Å². The molecule has 1 atom stereocenters. The molecule has 0 bridgehead atoms. The van der Waals surface area contributed by atoms with Gasteiger partial charge in [0.25, 0.3) is 5.91 Å². The molecule has 1 aromatic rings. The van der Waals surface area contributed by atoms with Gasteiger partial charge in [-0.2, -0.15) is 0 Å². The molecule has 0 heterocycles. The van der Waals surface area contributed by atoms with Gasteiger partial charge in [-0.05, 0) is 37.1 Å². The van der Waals surface area contributed by atoms with Gasteiger partial charge in [-0.25, -0.2) is 13.2 Å². The number of nitrogens with one attached hydrogen (secondary N) is 1. The lowest BCUT2D eigenvalue weighted by Gasteiger charge is -2.14. The fourth-order valence-electron chi connectivity index (χ4n) is 1.63. The minimum Gasteiger partial charge on any atom is -0.508 e. The molecular weight excluding hydrogens is 298 g/mol. The van der Waals surface area contributed by atoms with Gasteiger partial charge in [0.1, 0.15) is 21.6 Å². The molecule has 21 heavy (non-hydrogen) atoms. The predicted molar refractivity (Wildman–Crippen MR) is 76.1 cm³/mol. The van der Waals surface area contributed by atoms with Crippen LogP contribution >= 0.6 is 0 Å². The fourth-order valence-corrected chi connectivity index (χ4v) is 2.29. The van der Waals surface area contributed by atoms with E-state index < -0.39 is 27.8 Å². The predicted octanol–water partition coefficient (Wildman–Crippen LogP) is 0.318. The summed E-state index contributed by atoms with van der Waals surface area (Å²) in [6, 6.07) is 2.81. The van der Waals surface area contributed by atoms with Crippen molar-refractivity contribution in [3.8, 4) is 5.75 Å². The van der Waals surface area contributed by atoms with Gasteiger partial charge < -0.3 is 15.5 Å². The first-order chi connectivity index (χ1) is 9.60. The number of benzene rings is 1. The first-order valence-electron chi connectivity index (χ1n) is 6.11. The highest BCUT2D eigenvalue weighted by Gasteiger charge is 2.22. The van der Waals surface area contributed by atoms with Crippen LogP contribution in [-0.2, 0) is 14.6 Å². The highest BCUT2D eigenvalue weighted by atomic mass is 32.2. The van der Waals surface area contributed by atoms with Crippen molar-refractivity contribution in [2.45, 2.75) is 19.4 Å². The molecule has 1 unspecified atom stereocenters. The lowest BCUT2D eigenvalue weighted by molar-refractivity contribution is -0.139. The molecule has 0 radical (unpaired) electrons. The fraction of sp³-hybridized carbons (Fsp3) is 0.385. The number of carboxylic acid groups (broad SMARTS) is 1. The minimum absolute atomic E-state index is 0.0263. The number of aryl methyl sites for hydroxylation is 1. The van der Waals surface area contributed by atoms with Crippen molar-refractivity contribution >= 4 is 21.7 Å². The molecule has 0 saturated heterocycles. The maximum absolute atomic E-state index is 11.9. The smallest absolute Gasteiger partial charge is 0.326 e. The summed E-state index contributed by atoms with van der Waals surface area (Å²) in [6.07, 6.45) is 0.786. The third kappa shape index (κ3) is 5.42. The zero-order valence-electron chi connectivity index (χ0n) is 11.7. The van der Waals surface area contributed by atoms with Crippen LogP contribution in [0.1, 0.15) is 22.3 Å². The molecule has 0 aromatic heterocycles. The van der Waals surface area contributed by atoms with E-state index in [9.17, 15) is 23.1 Å². The van der Waals surface area contributed by atoms with Crippen molar-refractivity contribution in [2.24, 2.45) is 0 Å². The largest absolute Gasteiger partial charge is 0.508 e. The van der Waals surface area contributed by atoms with Crippen LogP contribution in [-0.4, -0.2) is 48.6 Å². The average molecular weight is 315 g/mol. The molecule has 1 rings (SSSR count).